The molecule has 1 atom stereocenters. The minimum Gasteiger partial charge on any atom is -0.480 e. The summed E-state index contributed by atoms with van der Waals surface area (Å²) in [6, 6.07) is -0.837. The van der Waals surface area contributed by atoms with Gasteiger partial charge in [0.15, 0.2) is 0 Å². The molecule has 0 radical (unpaired) electrons. The number of likely N-dealkylation sites (tertiary alicyclic amines) is 1. The highest BCUT2D eigenvalue weighted by Gasteiger charge is 2.48. The molecule has 1 saturated carbocycles. The van der Waals surface area contributed by atoms with Crippen LogP contribution in [0.25, 0.3) is 0 Å². The molecule has 16 heavy (non-hydrogen) atoms. The fourth-order valence-electron chi connectivity index (χ4n) is 3.14. The molecule has 1 amide bonds. The predicted molar refractivity (Wildman–Crippen MR) is 56.3 cm³/mol. The molecule has 1 aliphatic carbocycles. The normalized spacial score (nSPS) is 28.2. The number of carboxylic acid groups (broad SMARTS) is 2. The van der Waals surface area contributed by atoms with Crippen LogP contribution in [0.4, 0.5) is 4.79 Å². The van der Waals surface area contributed by atoms with Crippen LogP contribution in [-0.2, 0) is 4.79 Å². The second-order valence-corrected chi connectivity index (χ2v) is 5.03. The Bertz CT molecular complexity index is 285. The molecule has 5 nitrogen and oxygen atoms in total. The van der Waals surface area contributed by atoms with Crippen molar-refractivity contribution < 1.29 is 19.8 Å². The predicted octanol–water partition coefficient (Wildman–Crippen LogP) is 1.77. The van der Waals surface area contributed by atoms with E-state index in [-0.39, 0.29) is 5.41 Å². The molecular weight excluding hydrogens is 210 g/mol. The Balaban J connectivity index is 2.16. The Kier molecular flexibility index (Phi) is 2.78. The molecule has 1 aliphatic heterocycles. The van der Waals surface area contributed by atoms with E-state index in [1.54, 1.807) is 0 Å². The first-order valence-electron chi connectivity index (χ1n) is 5.76. The Morgan fingerprint density at radius 3 is 2.19 bits per heavy atom. The van der Waals surface area contributed by atoms with Crippen molar-refractivity contribution in [2.75, 3.05) is 6.54 Å². The van der Waals surface area contributed by atoms with Gasteiger partial charge in [-0.3, -0.25) is 4.90 Å². The van der Waals surface area contributed by atoms with Crippen molar-refractivity contribution in [2.45, 2.75) is 44.6 Å². The Morgan fingerprint density at radius 1 is 1.12 bits per heavy atom. The maximum absolute atomic E-state index is 11.0. The van der Waals surface area contributed by atoms with Crippen LogP contribution < -0.4 is 0 Å². The molecule has 0 bridgehead atoms. The van der Waals surface area contributed by atoms with Crippen LogP contribution in [0.1, 0.15) is 38.5 Å². The van der Waals surface area contributed by atoms with Crippen molar-refractivity contribution in [1.82, 2.24) is 4.90 Å². The summed E-state index contributed by atoms with van der Waals surface area (Å²) in [6.45, 7) is 0.402. The summed E-state index contributed by atoms with van der Waals surface area (Å²) in [5.74, 6) is -1.01. The van der Waals surface area contributed by atoms with Crippen molar-refractivity contribution in [3.63, 3.8) is 0 Å². The minimum absolute atomic E-state index is 0.0559. The molecular formula is C11H17NO4. The van der Waals surface area contributed by atoms with E-state index >= 15 is 0 Å². The Hall–Kier alpha value is -1.26. The van der Waals surface area contributed by atoms with Crippen LogP contribution in [0.5, 0.6) is 0 Å². The molecule has 2 N–H and O–H groups in total. The van der Waals surface area contributed by atoms with E-state index in [0.29, 0.717) is 13.0 Å². The maximum Gasteiger partial charge on any atom is 0.408 e. The number of rotatable bonds is 1. The highest BCUT2D eigenvalue weighted by molar-refractivity contribution is 5.80. The van der Waals surface area contributed by atoms with E-state index < -0.39 is 18.1 Å². The van der Waals surface area contributed by atoms with Gasteiger partial charge < -0.3 is 10.2 Å². The van der Waals surface area contributed by atoms with Gasteiger partial charge in [0.2, 0.25) is 0 Å². The van der Waals surface area contributed by atoms with Crippen LogP contribution in [0, 0.1) is 5.41 Å². The van der Waals surface area contributed by atoms with E-state index in [1.165, 1.54) is 6.42 Å². The van der Waals surface area contributed by atoms with Crippen LogP contribution in [0.15, 0.2) is 0 Å². The third kappa shape index (κ3) is 1.86. The van der Waals surface area contributed by atoms with Crippen molar-refractivity contribution in [1.29, 1.82) is 0 Å². The lowest BCUT2D eigenvalue weighted by molar-refractivity contribution is -0.141. The van der Waals surface area contributed by atoms with Crippen molar-refractivity contribution >= 4 is 12.1 Å². The third-order valence-electron chi connectivity index (χ3n) is 3.95. The van der Waals surface area contributed by atoms with E-state index in [2.05, 4.69) is 0 Å². The summed E-state index contributed by atoms with van der Waals surface area (Å²) in [4.78, 5) is 23.1. The van der Waals surface area contributed by atoms with Crippen molar-refractivity contribution in [2.24, 2.45) is 5.41 Å². The molecule has 0 aromatic carbocycles. The van der Waals surface area contributed by atoms with Gasteiger partial charge in [0.05, 0.1) is 0 Å². The molecule has 2 fully saturated rings. The van der Waals surface area contributed by atoms with Gasteiger partial charge in [-0.1, -0.05) is 19.3 Å². The Morgan fingerprint density at radius 2 is 1.75 bits per heavy atom. The summed E-state index contributed by atoms with van der Waals surface area (Å²) in [5.41, 5.74) is -0.0559. The van der Waals surface area contributed by atoms with Gasteiger partial charge in [0.1, 0.15) is 6.04 Å². The van der Waals surface area contributed by atoms with E-state index in [4.69, 9.17) is 10.2 Å². The van der Waals surface area contributed by atoms with E-state index in [0.717, 1.165) is 30.6 Å². The molecule has 2 aliphatic rings. The van der Waals surface area contributed by atoms with Gasteiger partial charge >= 0.3 is 12.1 Å². The molecule has 2 rings (SSSR count). The third-order valence-corrected chi connectivity index (χ3v) is 3.95. The molecule has 0 aromatic heterocycles. The molecule has 1 unspecified atom stereocenters. The van der Waals surface area contributed by atoms with Crippen LogP contribution in [0.3, 0.4) is 0 Å². The Labute approximate surface area is 94.0 Å². The molecule has 1 heterocycles. The molecule has 0 aromatic rings. The average Bonchev–Trinajstić information content (AvgIpc) is 2.59. The topological polar surface area (TPSA) is 77.8 Å². The van der Waals surface area contributed by atoms with Gasteiger partial charge in [-0.2, -0.15) is 0 Å². The second kappa shape index (κ2) is 3.96. The lowest BCUT2D eigenvalue weighted by Crippen LogP contribution is -2.39. The first kappa shape index (κ1) is 11.2. The molecule has 1 spiro atoms. The first-order valence-corrected chi connectivity index (χ1v) is 5.76. The second-order valence-electron chi connectivity index (χ2n) is 5.03. The quantitative estimate of drug-likeness (QED) is 0.715. The summed E-state index contributed by atoms with van der Waals surface area (Å²) < 4.78 is 0. The molecule has 1 saturated heterocycles. The van der Waals surface area contributed by atoms with E-state index in [9.17, 15) is 9.59 Å². The van der Waals surface area contributed by atoms with Crippen LogP contribution >= 0.6 is 0 Å². The number of hydrogen-bond acceptors (Lipinski definition) is 2. The summed E-state index contributed by atoms with van der Waals surface area (Å²) in [7, 11) is 0. The smallest absolute Gasteiger partial charge is 0.408 e. The summed E-state index contributed by atoms with van der Waals surface area (Å²) >= 11 is 0. The molecule has 5 heteroatoms. The minimum atomic E-state index is -1.10. The number of carbonyl (C=O) groups is 2. The highest BCUT2D eigenvalue weighted by atomic mass is 16.4. The van der Waals surface area contributed by atoms with Gasteiger partial charge in [0.25, 0.3) is 0 Å². The average molecular weight is 227 g/mol. The first-order chi connectivity index (χ1) is 7.54. The van der Waals surface area contributed by atoms with Crippen LogP contribution in [-0.4, -0.2) is 39.8 Å². The molecule has 90 valence electrons. The van der Waals surface area contributed by atoms with Gasteiger partial charge in [-0.15, -0.1) is 0 Å². The maximum atomic E-state index is 11.0. The zero-order valence-corrected chi connectivity index (χ0v) is 9.19. The van der Waals surface area contributed by atoms with Gasteiger partial charge in [0, 0.05) is 6.54 Å². The highest BCUT2D eigenvalue weighted by Crippen LogP contribution is 2.46. The largest absolute Gasteiger partial charge is 0.480 e. The lowest BCUT2D eigenvalue weighted by Gasteiger charge is -2.32. The summed E-state index contributed by atoms with van der Waals surface area (Å²) in [5, 5.41) is 18.1. The number of hydrogen-bond donors (Lipinski definition) is 2. The SMILES string of the molecule is O=C(O)C1CC2(CCCCC2)CN1C(=O)O. The van der Waals surface area contributed by atoms with Crippen molar-refractivity contribution in [3.05, 3.63) is 0 Å². The fraction of sp³-hybridized carbons (Fsp3) is 0.818. The monoisotopic (exact) mass is 227 g/mol. The van der Waals surface area contributed by atoms with Gasteiger partial charge in [-0.25, -0.2) is 9.59 Å². The zero-order chi connectivity index (χ0) is 11.8. The van der Waals surface area contributed by atoms with E-state index in [1.807, 2.05) is 0 Å². The number of amides is 1. The zero-order valence-electron chi connectivity index (χ0n) is 9.19. The van der Waals surface area contributed by atoms with Gasteiger partial charge in [-0.05, 0) is 24.7 Å². The van der Waals surface area contributed by atoms with Crippen molar-refractivity contribution in [3.8, 4) is 0 Å². The number of carboxylic acids is 1. The van der Waals surface area contributed by atoms with Crippen LogP contribution in [0.2, 0.25) is 0 Å². The number of nitrogens with zero attached hydrogens (tertiary/aromatic N) is 1. The fourth-order valence-corrected chi connectivity index (χ4v) is 3.14. The lowest BCUT2D eigenvalue weighted by atomic mass is 9.73. The summed E-state index contributed by atoms with van der Waals surface area (Å²) in [6.07, 6.45) is 4.72. The standard InChI is InChI=1S/C11H17NO4/c13-9(14)8-6-11(4-2-1-3-5-11)7-12(8)10(15)16/h8H,1-7H2,(H,13,14)(H,15,16). The number of aliphatic carboxylic acids is 1.